The average Bonchev–Trinajstić information content (AvgIpc) is 2.65. The van der Waals surface area contributed by atoms with Gasteiger partial charge in [0.2, 0.25) is 0 Å². The molecule has 0 heterocycles. The Hall–Kier alpha value is -1.19. The SMILES string of the molecule is CCCCc1cc(SC[Si](C)(C)c2ccccc2)c(CCCC)cc1O. The summed E-state index contributed by atoms with van der Waals surface area (Å²) in [5, 5.41) is 13.1. The van der Waals surface area contributed by atoms with Crippen LogP contribution in [0.5, 0.6) is 5.75 Å². The van der Waals surface area contributed by atoms with E-state index in [2.05, 4.69) is 63.3 Å². The predicted molar refractivity (Wildman–Crippen MR) is 120 cm³/mol. The van der Waals surface area contributed by atoms with Crippen LogP contribution in [0.4, 0.5) is 0 Å². The molecule has 142 valence electrons. The molecule has 2 aromatic rings. The zero-order valence-electron chi connectivity index (χ0n) is 16.8. The van der Waals surface area contributed by atoms with Crippen molar-refractivity contribution in [2.24, 2.45) is 0 Å². The second-order valence-electron chi connectivity index (χ2n) is 7.83. The molecule has 0 amide bonds. The van der Waals surface area contributed by atoms with E-state index in [1.807, 2.05) is 17.8 Å². The smallest absolute Gasteiger partial charge is 0.119 e. The van der Waals surface area contributed by atoms with Crippen molar-refractivity contribution in [1.82, 2.24) is 0 Å². The zero-order valence-corrected chi connectivity index (χ0v) is 18.7. The number of unbranched alkanes of at least 4 members (excludes halogenated alkanes) is 2. The molecule has 1 nitrogen and oxygen atoms in total. The van der Waals surface area contributed by atoms with Gasteiger partial charge >= 0.3 is 0 Å². The minimum absolute atomic E-state index is 0.494. The maximum Gasteiger partial charge on any atom is 0.119 e. The summed E-state index contributed by atoms with van der Waals surface area (Å²) in [7, 11) is -1.47. The fraction of sp³-hybridized carbons (Fsp3) is 0.478. The molecular weight excluding hydrogens is 352 g/mol. The normalized spacial score (nSPS) is 11.7. The summed E-state index contributed by atoms with van der Waals surface area (Å²) >= 11 is 2.01. The van der Waals surface area contributed by atoms with Crippen molar-refractivity contribution in [3.63, 3.8) is 0 Å². The molecule has 0 bridgehead atoms. The number of benzene rings is 2. The largest absolute Gasteiger partial charge is 0.508 e. The quantitative estimate of drug-likeness (QED) is 0.380. The maximum absolute atomic E-state index is 10.4. The molecule has 0 aromatic heterocycles. The van der Waals surface area contributed by atoms with E-state index in [0.29, 0.717) is 5.75 Å². The molecule has 0 fully saturated rings. The number of aryl methyl sites for hydroxylation is 2. The topological polar surface area (TPSA) is 20.2 Å². The third kappa shape index (κ3) is 5.92. The lowest BCUT2D eigenvalue weighted by molar-refractivity contribution is 0.465. The van der Waals surface area contributed by atoms with Gasteiger partial charge in [-0.3, -0.25) is 0 Å². The fourth-order valence-electron chi connectivity index (χ4n) is 3.15. The highest BCUT2D eigenvalue weighted by Crippen LogP contribution is 2.33. The summed E-state index contributed by atoms with van der Waals surface area (Å²) < 4.78 is 0. The first kappa shape index (κ1) is 21.1. The highest BCUT2D eigenvalue weighted by molar-refractivity contribution is 8.01. The molecule has 26 heavy (non-hydrogen) atoms. The van der Waals surface area contributed by atoms with Gasteiger partial charge in [0.15, 0.2) is 0 Å². The van der Waals surface area contributed by atoms with Crippen molar-refractivity contribution >= 4 is 25.0 Å². The lowest BCUT2D eigenvalue weighted by Crippen LogP contribution is -2.44. The van der Waals surface area contributed by atoms with Crippen molar-refractivity contribution in [2.45, 2.75) is 70.4 Å². The van der Waals surface area contributed by atoms with Crippen LogP contribution >= 0.6 is 11.8 Å². The summed E-state index contributed by atoms with van der Waals surface area (Å²) in [5.74, 6) is 0.494. The second kappa shape index (κ2) is 10.2. The Kier molecular flexibility index (Phi) is 8.30. The molecule has 0 aliphatic heterocycles. The summed E-state index contributed by atoms with van der Waals surface area (Å²) in [5.41, 5.74) is 2.45. The first-order chi connectivity index (χ1) is 12.5. The molecule has 0 saturated carbocycles. The van der Waals surface area contributed by atoms with Crippen LogP contribution in [0.25, 0.3) is 0 Å². The van der Waals surface area contributed by atoms with Crippen LogP contribution < -0.4 is 5.19 Å². The van der Waals surface area contributed by atoms with E-state index in [-0.39, 0.29) is 0 Å². The van der Waals surface area contributed by atoms with Gasteiger partial charge in [-0.15, -0.1) is 11.8 Å². The van der Waals surface area contributed by atoms with Gasteiger partial charge in [-0.2, -0.15) is 0 Å². The molecule has 3 heteroatoms. The molecule has 0 radical (unpaired) electrons. The highest BCUT2D eigenvalue weighted by Gasteiger charge is 2.24. The standard InChI is InChI=1S/C23H34OSSi/c1-5-7-12-19-17-23(20(13-8-6-2)16-22(19)24)25-18-26(3,4)21-14-10-9-11-15-21/h9-11,14-17,24H,5-8,12-13,18H2,1-4H3. The van der Waals surface area contributed by atoms with E-state index >= 15 is 0 Å². The molecule has 0 atom stereocenters. The van der Waals surface area contributed by atoms with Gasteiger partial charge in [0.1, 0.15) is 5.75 Å². The number of aromatic hydroxyl groups is 1. The lowest BCUT2D eigenvalue weighted by Gasteiger charge is -2.23. The van der Waals surface area contributed by atoms with Crippen LogP contribution in [-0.4, -0.2) is 18.6 Å². The van der Waals surface area contributed by atoms with Crippen LogP contribution in [0.2, 0.25) is 13.1 Å². The van der Waals surface area contributed by atoms with E-state index in [0.717, 1.165) is 31.2 Å². The fourth-order valence-corrected chi connectivity index (χ4v) is 7.55. The first-order valence-corrected chi connectivity index (χ1v) is 14.2. The highest BCUT2D eigenvalue weighted by atomic mass is 32.2. The maximum atomic E-state index is 10.4. The number of rotatable bonds is 10. The zero-order chi connectivity index (χ0) is 19.0. The molecule has 2 rings (SSSR count). The summed E-state index contributed by atoms with van der Waals surface area (Å²) in [4.78, 5) is 1.39. The Balaban J connectivity index is 2.21. The van der Waals surface area contributed by atoms with Crippen molar-refractivity contribution in [1.29, 1.82) is 0 Å². The first-order valence-electron chi connectivity index (χ1n) is 10.0. The summed E-state index contributed by atoms with van der Waals surface area (Å²) in [6, 6.07) is 15.3. The van der Waals surface area contributed by atoms with E-state index in [9.17, 15) is 5.11 Å². The molecule has 2 aromatic carbocycles. The van der Waals surface area contributed by atoms with Crippen LogP contribution in [-0.2, 0) is 12.8 Å². The van der Waals surface area contributed by atoms with Crippen LogP contribution in [0.3, 0.4) is 0 Å². The lowest BCUT2D eigenvalue weighted by atomic mass is 10.0. The van der Waals surface area contributed by atoms with Crippen molar-refractivity contribution in [3.05, 3.63) is 53.6 Å². The van der Waals surface area contributed by atoms with Gasteiger partial charge in [-0.05, 0) is 54.3 Å². The molecular formula is C23H34OSSi. The van der Waals surface area contributed by atoms with Crippen molar-refractivity contribution in [2.75, 3.05) is 5.38 Å². The Labute approximate surface area is 165 Å². The number of phenolic OH excluding ortho intramolecular Hbond substituents is 1. The van der Waals surface area contributed by atoms with E-state index in [4.69, 9.17) is 0 Å². The average molecular weight is 387 g/mol. The van der Waals surface area contributed by atoms with Gasteiger partial charge in [-0.1, -0.05) is 75.3 Å². The minimum Gasteiger partial charge on any atom is -0.508 e. The van der Waals surface area contributed by atoms with Crippen molar-refractivity contribution < 1.29 is 5.11 Å². The minimum atomic E-state index is -1.47. The Bertz CT molecular complexity index is 682. The Morgan fingerprint density at radius 2 is 1.50 bits per heavy atom. The Morgan fingerprint density at radius 3 is 2.12 bits per heavy atom. The van der Waals surface area contributed by atoms with Gasteiger partial charge in [0.05, 0.1) is 8.07 Å². The van der Waals surface area contributed by atoms with E-state index in [1.54, 1.807) is 0 Å². The molecule has 0 saturated heterocycles. The third-order valence-electron chi connectivity index (χ3n) is 5.00. The summed E-state index contributed by atoms with van der Waals surface area (Å²) in [6.45, 7) is 9.35. The molecule has 0 spiro atoms. The van der Waals surface area contributed by atoms with Gasteiger partial charge < -0.3 is 5.11 Å². The van der Waals surface area contributed by atoms with Crippen molar-refractivity contribution in [3.8, 4) is 5.75 Å². The number of thioether (sulfide) groups is 1. The van der Waals surface area contributed by atoms with E-state index < -0.39 is 8.07 Å². The van der Waals surface area contributed by atoms with Gasteiger partial charge in [0, 0.05) is 4.90 Å². The summed E-state index contributed by atoms with van der Waals surface area (Å²) in [6.07, 6.45) is 6.70. The van der Waals surface area contributed by atoms with Crippen LogP contribution in [0.15, 0.2) is 47.4 Å². The molecule has 1 N–H and O–H groups in total. The predicted octanol–water partition coefficient (Wildman–Crippen LogP) is 6.32. The molecule has 0 aliphatic rings. The number of phenols is 1. The number of hydrogen-bond acceptors (Lipinski definition) is 2. The van der Waals surface area contributed by atoms with E-state index in [1.165, 1.54) is 33.9 Å². The molecule has 0 unspecified atom stereocenters. The second-order valence-corrected chi connectivity index (χ2v) is 14.1. The molecule has 0 aliphatic carbocycles. The van der Waals surface area contributed by atoms with Crippen LogP contribution in [0, 0.1) is 0 Å². The van der Waals surface area contributed by atoms with Gasteiger partial charge in [-0.25, -0.2) is 0 Å². The third-order valence-corrected chi connectivity index (χ3v) is 11.1. The number of hydrogen-bond donors (Lipinski definition) is 1. The van der Waals surface area contributed by atoms with Crippen LogP contribution in [0.1, 0.15) is 50.7 Å². The Morgan fingerprint density at radius 1 is 0.885 bits per heavy atom. The monoisotopic (exact) mass is 386 g/mol. The van der Waals surface area contributed by atoms with Gasteiger partial charge in [0.25, 0.3) is 0 Å².